The topological polar surface area (TPSA) is 88.1 Å². The fourth-order valence-electron chi connectivity index (χ4n) is 3.51. The molecule has 0 aliphatic heterocycles. The first-order valence-corrected chi connectivity index (χ1v) is 8.75. The van der Waals surface area contributed by atoms with E-state index in [1.165, 1.54) is 28.3 Å². The SMILES string of the molecule is Cn1cnc2c1c(=O)n(CCCOC(=O)CC1CCCC1)c(=O)n2C. The first-order valence-electron chi connectivity index (χ1n) is 8.75. The molecule has 1 aliphatic carbocycles. The molecule has 3 rings (SSSR count). The van der Waals surface area contributed by atoms with Gasteiger partial charge in [-0.2, -0.15) is 0 Å². The number of aromatic nitrogens is 4. The third kappa shape index (κ3) is 3.52. The Hall–Kier alpha value is -2.38. The molecule has 1 fully saturated rings. The minimum absolute atomic E-state index is 0.186. The second kappa shape index (κ2) is 7.25. The van der Waals surface area contributed by atoms with Crippen molar-refractivity contribution in [3.8, 4) is 0 Å². The molecular formula is C17H24N4O4. The lowest BCUT2D eigenvalue weighted by Crippen LogP contribution is -2.39. The van der Waals surface area contributed by atoms with Crippen LogP contribution in [0.25, 0.3) is 11.2 Å². The van der Waals surface area contributed by atoms with Gasteiger partial charge in [0.1, 0.15) is 0 Å². The number of carbonyl (C=O) groups excluding carboxylic acids is 1. The highest BCUT2D eigenvalue weighted by Crippen LogP contribution is 2.27. The van der Waals surface area contributed by atoms with Gasteiger partial charge in [-0.25, -0.2) is 9.78 Å². The predicted octanol–water partition coefficient (Wildman–Crippen LogP) is 0.947. The van der Waals surface area contributed by atoms with Gasteiger partial charge in [0.25, 0.3) is 5.56 Å². The summed E-state index contributed by atoms with van der Waals surface area (Å²) in [4.78, 5) is 40.8. The van der Waals surface area contributed by atoms with Crippen LogP contribution in [0.2, 0.25) is 0 Å². The molecule has 0 N–H and O–H groups in total. The van der Waals surface area contributed by atoms with Crippen LogP contribution in [-0.2, 0) is 30.2 Å². The largest absolute Gasteiger partial charge is 0.466 e. The predicted molar refractivity (Wildman–Crippen MR) is 92.4 cm³/mol. The van der Waals surface area contributed by atoms with Crippen LogP contribution < -0.4 is 11.2 Å². The summed E-state index contributed by atoms with van der Waals surface area (Å²) in [7, 11) is 3.31. The lowest BCUT2D eigenvalue weighted by Gasteiger charge is -2.10. The van der Waals surface area contributed by atoms with Gasteiger partial charge in [0.05, 0.1) is 12.9 Å². The van der Waals surface area contributed by atoms with E-state index < -0.39 is 5.69 Å². The van der Waals surface area contributed by atoms with Crippen LogP contribution in [0.1, 0.15) is 38.5 Å². The molecule has 0 bridgehead atoms. The third-order valence-electron chi connectivity index (χ3n) is 4.92. The number of aryl methyl sites for hydroxylation is 2. The van der Waals surface area contributed by atoms with Crippen LogP contribution in [0.5, 0.6) is 0 Å². The van der Waals surface area contributed by atoms with Crippen molar-refractivity contribution in [1.82, 2.24) is 18.7 Å². The number of ether oxygens (including phenoxy) is 1. The molecule has 8 heteroatoms. The Kier molecular flexibility index (Phi) is 5.06. The lowest BCUT2D eigenvalue weighted by atomic mass is 10.0. The Morgan fingerprint density at radius 1 is 1.28 bits per heavy atom. The van der Waals surface area contributed by atoms with Crippen LogP contribution in [-0.4, -0.2) is 31.3 Å². The van der Waals surface area contributed by atoms with Gasteiger partial charge < -0.3 is 9.30 Å². The van der Waals surface area contributed by atoms with E-state index in [2.05, 4.69) is 4.98 Å². The average Bonchev–Trinajstić information content (AvgIpc) is 3.21. The Labute approximate surface area is 145 Å². The standard InChI is InChI=1S/C17H24N4O4/c1-19-11-18-15-14(19)16(23)21(17(24)20(15)2)8-5-9-25-13(22)10-12-6-3-4-7-12/h11-12H,3-10H2,1-2H3. The zero-order valence-corrected chi connectivity index (χ0v) is 14.7. The zero-order chi connectivity index (χ0) is 18.0. The van der Waals surface area contributed by atoms with Crippen molar-refractivity contribution in [2.75, 3.05) is 6.61 Å². The molecule has 0 amide bonds. The number of imidazole rings is 1. The van der Waals surface area contributed by atoms with E-state index in [4.69, 9.17) is 4.74 Å². The van der Waals surface area contributed by atoms with E-state index in [1.807, 2.05) is 0 Å². The fourth-order valence-corrected chi connectivity index (χ4v) is 3.51. The van der Waals surface area contributed by atoms with Gasteiger partial charge in [-0.15, -0.1) is 0 Å². The normalized spacial score (nSPS) is 15.1. The smallest absolute Gasteiger partial charge is 0.332 e. The Morgan fingerprint density at radius 2 is 2.00 bits per heavy atom. The molecule has 1 saturated carbocycles. The first kappa shape index (κ1) is 17.4. The maximum atomic E-state index is 12.5. The molecule has 25 heavy (non-hydrogen) atoms. The summed E-state index contributed by atoms with van der Waals surface area (Å²) < 4.78 is 9.40. The van der Waals surface area contributed by atoms with Crippen LogP contribution in [0.3, 0.4) is 0 Å². The lowest BCUT2D eigenvalue weighted by molar-refractivity contribution is -0.144. The highest BCUT2D eigenvalue weighted by molar-refractivity contribution is 5.70. The van der Waals surface area contributed by atoms with Crippen molar-refractivity contribution in [2.45, 2.75) is 45.1 Å². The minimum Gasteiger partial charge on any atom is -0.466 e. The van der Waals surface area contributed by atoms with Crippen LogP contribution in [0.4, 0.5) is 0 Å². The number of esters is 1. The second-order valence-electron chi connectivity index (χ2n) is 6.75. The monoisotopic (exact) mass is 348 g/mol. The van der Waals surface area contributed by atoms with E-state index in [0.29, 0.717) is 29.9 Å². The number of hydrogen-bond acceptors (Lipinski definition) is 5. The van der Waals surface area contributed by atoms with Crippen LogP contribution in [0.15, 0.2) is 15.9 Å². The summed E-state index contributed by atoms with van der Waals surface area (Å²) in [5, 5.41) is 0. The molecule has 0 spiro atoms. The molecule has 0 aromatic carbocycles. The molecule has 2 heterocycles. The molecule has 0 atom stereocenters. The van der Waals surface area contributed by atoms with E-state index in [9.17, 15) is 14.4 Å². The van der Waals surface area contributed by atoms with E-state index in [1.54, 1.807) is 18.7 Å². The third-order valence-corrected chi connectivity index (χ3v) is 4.92. The van der Waals surface area contributed by atoms with Gasteiger partial charge in [0, 0.05) is 27.1 Å². The molecule has 0 saturated heterocycles. The molecule has 8 nitrogen and oxygen atoms in total. The summed E-state index contributed by atoms with van der Waals surface area (Å²) in [5.74, 6) is 0.267. The summed E-state index contributed by atoms with van der Waals surface area (Å²) in [6.45, 7) is 0.425. The van der Waals surface area contributed by atoms with E-state index >= 15 is 0 Å². The van der Waals surface area contributed by atoms with Crippen molar-refractivity contribution in [2.24, 2.45) is 20.0 Å². The van der Waals surface area contributed by atoms with Crippen molar-refractivity contribution in [3.63, 3.8) is 0 Å². The molecule has 0 radical (unpaired) electrons. The number of hydrogen-bond donors (Lipinski definition) is 0. The maximum absolute atomic E-state index is 12.5. The van der Waals surface area contributed by atoms with Crippen LogP contribution >= 0.6 is 0 Å². The van der Waals surface area contributed by atoms with Gasteiger partial charge in [-0.05, 0) is 25.2 Å². The quantitative estimate of drug-likeness (QED) is 0.573. The number of carbonyl (C=O) groups is 1. The molecule has 136 valence electrons. The van der Waals surface area contributed by atoms with Gasteiger partial charge in [-0.1, -0.05) is 12.8 Å². The Morgan fingerprint density at radius 3 is 2.72 bits per heavy atom. The summed E-state index contributed by atoms with van der Waals surface area (Å²) in [5.41, 5.74) is -0.0130. The van der Waals surface area contributed by atoms with Gasteiger partial charge in [0.2, 0.25) is 0 Å². The first-order chi connectivity index (χ1) is 12.0. The number of rotatable bonds is 6. The fraction of sp³-hybridized carbons (Fsp3) is 0.647. The molecule has 1 aliphatic rings. The van der Waals surface area contributed by atoms with Crippen molar-refractivity contribution in [1.29, 1.82) is 0 Å². The maximum Gasteiger partial charge on any atom is 0.332 e. The minimum atomic E-state index is -0.409. The van der Waals surface area contributed by atoms with Crippen molar-refractivity contribution < 1.29 is 9.53 Å². The zero-order valence-electron chi connectivity index (χ0n) is 14.7. The van der Waals surface area contributed by atoms with E-state index in [-0.39, 0.29) is 24.7 Å². The highest BCUT2D eigenvalue weighted by Gasteiger charge is 2.19. The summed E-state index contributed by atoms with van der Waals surface area (Å²) in [6.07, 6.45) is 7.01. The highest BCUT2D eigenvalue weighted by atomic mass is 16.5. The van der Waals surface area contributed by atoms with E-state index in [0.717, 1.165) is 12.8 Å². The summed E-state index contributed by atoms with van der Waals surface area (Å²) in [6, 6.07) is 0. The van der Waals surface area contributed by atoms with Gasteiger partial charge in [-0.3, -0.25) is 18.7 Å². The molecule has 2 aromatic rings. The average molecular weight is 348 g/mol. The summed E-state index contributed by atoms with van der Waals surface area (Å²) >= 11 is 0. The van der Waals surface area contributed by atoms with Gasteiger partial charge in [0.15, 0.2) is 11.2 Å². The Bertz CT molecular complexity index is 886. The van der Waals surface area contributed by atoms with Crippen molar-refractivity contribution in [3.05, 3.63) is 27.2 Å². The molecule has 2 aromatic heterocycles. The van der Waals surface area contributed by atoms with Crippen molar-refractivity contribution >= 4 is 17.1 Å². The molecule has 0 unspecified atom stereocenters. The van der Waals surface area contributed by atoms with Gasteiger partial charge >= 0.3 is 11.7 Å². The number of fused-ring (bicyclic) bond motifs is 1. The van der Waals surface area contributed by atoms with Crippen LogP contribution in [0, 0.1) is 5.92 Å². The Balaban J connectivity index is 1.61. The molecular weight excluding hydrogens is 324 g/mol. The second-order valence-corrected chi connectivity index (χ2v) is 6.75. The number of nitrogens with zero attached hydrogens (tertiary/aromatic N) is 4.